The minimum absolute atomic E-state index is 0.0159. The zero-order valence-corrected chi connectivity index (χ0v) is 14.2. The van der Waals surface area contributed by atoms with Gasteiger partial charge in [-0.05, 0) is 36.8 Å². The second-order valence-electron chi connectivity index (χ2n) is 6.26. The number of fused-ring (bicyclic) bond motifs is 1. The zero-order chi connectivity index (χ0) is 17.3. The summed E-state index contributed by atoms with van der Waals surface area (Å²) in [5.74, 6) is 0.552. The van der Waals surface area contributed by atoms with Crippen molar-refractivity contribution in [2.24, 2.45) is 5.92 Å². The van der Waals surface area contributed by atoms with Gasteiger partial charge in [0.05, 0.1) is 6.04 Å². The summed E-state index contributed by atoms with van der Waals surface area (Å²) >= 11 is 0. The summed E-state index contributed by atoms with van der Waals surface area (Å²) in [6.07, 6.45) is 2.56. The molecule has 1 aliphatic rings. The van der Waals surface area contributed by atoms with Crippen molar-refractivity contribution in [1.82, 2.24) is 4.98 Å². The van der Waals surface area contributed by atoms with Gasteiger partial charge in [-0.3, -0.25) is 4.79 Å². The number of hydrogen-bond acceptors (Lipinski definition) is 3. The van der Waals surface area contributed by atoms with Crippen molar-refractivity contribution in [3.8, 4) is 0 Å². The highest BCUT2D eigenvalue weighted by Gasteiger charge is 2.39. The van der Waals surface area contributed by atoms with Crippen LogP contribution in [-0.2, 0) is 4.79 Å². The first-order valence-corrected chi connectivity index (χ1v) is 8.29. The number of pyridine rings is 1. The molecule has 4 nitrogen and oxygen atoms in total. The Morgan fingerprint density at radius 3 is 2.75 bits per heavy atom. The number of amides is 1. The Hall–Kier alpha value is -2.43. The van der Waals surface area contributed by atoms with Crippen LogP contribution in [0.3, 0.4) is 0 Å². The van der Waals surface area contributed by atoms with E-state index in [1.165, 1.54) is 12.1 Å². The molecule has 5 heteroatoms. The van der Waals surface area contributed by atoms with E-state index in [0.29, 0.717) is 0 Å². The number of nitrogens with zero attached hydrogens (tertiary/aromatic N) is 2. The third kappa shape index (κ3) is 2.86. The molecule has 126 valence electrons. The quantitative estimate of drug-likeness (QED) is 0.921. The molecule has 2 heterocycles. The van der Waals surface area contributed by atoms with E-state index in [-0.39, 0.29) is 29.7 Å². The van der Waals surface area contributed by atoms with Gasteiger partial charge >= 0.3 is 0 Å². The molecule has 24 heavy (non-hydrogen) atoms. The molecule has 3 atom stereocenters. The molecule has 0 saturated carbocycles. The normalized spacial score (nSPS) is 22.8. The lowest BCUT2D eigenvalue weighted by Crippen LogP contribution is -2.49. The van der Waals surface area contributed by atoms with Crippen LogP contribution in [0.2, 0.25) is 0 Å². The summed E-state index contributed by atoms with van der Waals surface area (Å²) in [7, 11) is 0. The van der Waals surface area contributed by atoms with Gasteiger partial charge in [0.25, 0.3) is 0 Å². The van der Waals surface area contributed by atoms with Gasteiger partial charge in [0.1, 0.15) is 11.6 Å². The summed E-state index contributed by atoms with van der Waals surface area (Å²) in [4.78, 5) is 18.3. The third-order valence-electron chi connectivity index (χ3n) is 4.77. The first kappa shape index (κ1) is 16.4. The van der Waals surface area contributed by atoms with Gasteiger partial charge < -0.3 is 10.2 Å². The maximum atomic E-state index is 13.9. The van der Waals surface area contributed by atoms with Crippen molar-refractivity contribution in [1.29, 1.82) is 0 Å². The molecule has 0 spiro atoms. The van der Waals surface area contributed by atoms with E-state index in [4.69, 9.17) is 0 Å². The average molecular weight is 327 g/mol. The Kier molecular flexibility index (Phi) is 4.51. The van der Waals surface area contributed by atoms with E-state index in [0.717, 1.165) is 23.5 Å². The van der Waals surface area contributed by atoms with Crippen LogP contribution in [0.1, 0.15) is 38.8 Å². The molecule has 0 bridgehead atoms. The SMILES string of the molecule is CC[C@H]1[C@H](C)C(Nc2ccccn2)c2cc(F)ccc2N1C(C)=O. The predicted molar refractivity (Wildman–Crippen MR) is 93.4 cm³/mol. The van der Waals surface area contributed by atoms with Crippen LogP contribution >= 0.6 is 0 Å². The largest absolute Gasteiger partial charge is 0.363 e. The molecule has 1 amide bonds. The first-order valence-electron chi connectivity index (χ1n) is 8.29. The lowest BCUT2D eigenvalue weighted by molar-refractivity contribution is -0.117. The molecule has 1 aliphatic heterocycles. The fourth-order valence-electron chi connectivity index (χ4n) is 3.69. The number of rotatable bonds is 3. The van der Waals surface area contributed by atoms with Gasteiger partial charge in [0, 0.05) is 36.3 Å². The van der Waals surface area contributed by atoms with Crippen molar-refractivity contribution < 1.29 is 9.18 Å². The number of carbonyl (C=O) groups excluding carboxylic acids is 1. The molecule has 0 fully saturated rings. The molecule has 0 saturated heterocycles. The Balaban J connectivity index is 2.09. The average Bonchev–Trinajstić information content (AvgIpc) is 2.57. The summed E-state index contributed by atoms with van der Waals surface area (Å²) in [5, 5.41) is 3.42. The molecule has 1 unspecified atom stereocenters. The van der Waals surface area contributed by atoms with Gasteiger partial charge in [-0.1, -0.05) is 19.9 Å². The van der Waals surface area contributed by atoms with E-state index in [1.54, 1.807) is 24.1 Å². The second-order valence-corrected chi connectivity index (χ2v) is 6.26. The van der Waals surface area contributed by atoms with Crippen LogP contribution in [0.4, 0.5) is 15.9 Å². The van der Waals surface area contributed by atoms with E-state index >= 15 is 0 Å². The molecule has 3 rings (SSSR count). The van der Waals surface area contributed by atoms with Crippen molar-refractivity contribution >= 4 is 17.4 Å². The topological polar surface area (TPSA) is 45.2 Å². The van der Waals surface area contributed by atoms with Gasteiger partial charge in [-0.15, -0.1) is 0 Å². The molecule has 0 radical (unpaired) electrons. The minimum atomic E-state index is -0.299. The Labute approximate surface area is 141 Å². The van der Waals surface area contributed by atoms with Crippen LogP contribution < -0.4 is 10.2 Å². The standard InChI is InChI=1S/C19H22FN3O/c1-4-16-12(2)19(22-18-7-5-6-10-21-18)15-11-14(20)8-9-17(15)23(16)13(3)24/h5-12,16,19H,4H2,1-3H3,(H,21,22)/t12-,16-,19?/m0/s1. The minimum Gasteiger partial charge on any atom is -0.363 e. The Morgan fingerprint density at radius 2 is 2.12 bits per heavy atom. The van der Waals surface area contributed by atoms with E-state index in [1.807, 2.05) is 18.2 Å². The van der Waals surface area contributed by atoms with Crippen molar-refractivity contribution in [3.05, 3.63) is 54.0 Å². The van der Waals surface area contributed by atoms with Crippen LogP contribution in [0, 0.1) is 11.7 Å². The van der Waals surface area contributed by atoms with E-state index in [9.17, 15) is 9.18 Å². The maximum Gasteiger partial charge on any atom is 0.224 e. The molecule has 1 N–H and O–H groups in total. The summed E-state index contributed by atoms with van der Waals surface area (Å²) in [5.41, 5.74) is 1.58. The summed E-state index contributed by atoms with van der Waals surface area (Å²) in [6.45, 7) is 5.73. The fraction of sp³-hybridized carbons (Fsp3) is 0.368. The van der Waals surface area contributed by atoms with Crippen molar-refractivity contribution in [2.75, 3.05) is 10.2 Å². The number of hydrogen-bond donors (Lipinski definition) is 1. The fourth-order valence-corrected chi connectivity index (χ4v) is 3.69. The van der Waals surface area contributed by atoms with Gasteiger partial charge in [-0.25, -0.2) is 9.37 Å². The molecule has 1 aromatic carbocycles. The summed E-state index contributed by atoms with van der Waals surface area (Å²) < 4.78 is 13.9. The number of anilines is 2. The Morgan fingerprint density at radius 1 is 1.33 bits per heavy atom. The predicted octanol–water partition coefficient (Wildman–Crippen LogP) is 4.16. The van der Waals surface area contributed by atoms with Gasteiger partial charge in [0.15, 0.2) is 0 Å². The first-order chi connectivity index (χ1) is 11.5. The van der Waals surface area contributed by atoms with Crippen LogP contribution in [-0.4, -0.2) is 16.9 Å². The van der Waals surface area contributed by atoms with Crippen LogP contribution in [0.5, 0.6) is 0 Å². The number of carbonyl (C=O) groups is 1. The summed E-state index contributed by atoms with van der Waals surface area (Å²) in [6, 6.07) is 10.2. The highest BCUT2D eigenvalue weighted by molar-refractivity contribution is 5.94. The monoisotopic (exact) mass is 327 g/mol. The number of benzene rings is 1. The molecular weight excluding hydrogens is 305 g/mol. The number of halogens is 1. The number of aromatic nitrogens is 1. The number of nitrogens with one attached hydrogen (secondary N) is 1. The van der Waals surface area contributed by atoms with Crippen LogP contribution in [0.15, 0.2) is 42.6 Å². The highest BCUT2D eigenvalue weighted by atomic mass is 19.1. The Bertz CT molecular complexity index is 735. The van der Waals surface area contributed by atoms with Crippen LogP contribution in [0.25, 0.3) is 0 Å². The lowest BCUT2D eigenvalue weighted by Gasteiger charge is -2.45. The maximum absolute atomic E-state index is 13.9. The van der Waals surface area contributed by atoms with E-state index in [2.05, 4.69) is 24.1 Å². The molecule has 1 aromatic heterocycles. The second kappa shape index (κ2) is 6.59. The molecular formula is C19H22FN3O. The van der Waals surface area contributed by atoms with Gasteiger partial charge in [0.2, 0.25) is 5.91 Å². The molecule has 0 aliphatic carbocycles. The van der Waals surface area contributed by atoms with Crippen molar-refractivity contribution in [2.45, 2.75) is 39.3 Å². The smallest absolute Gasteiger partial charge is 0.224 e. The third-order valence-corrected chi connectivity index (χ3v) is 4.77. The molecule has 2 aromatic rings. The lowest BCUT2D eigenvalue weighted by atomic mass is 9.81. The van der Waals surface area contributed by atoms with Gasteiger partial charge in [-0.2, -0.15) is 0 Å². The van der Waals surface area contributed by atoms with E-state index < -0.39 is 0 Å². The highest BCUT2D eigenvalue weighted by Crippen LogP contribution is 2.43. The zero-order valence-electron chi connectivity index (χ0n) is 14.2. The van der Waals surface area contributed by atoms with Crippen molar-refractivity contribution in [3.63, 3.8) is 0 Å².